The van der Waals surface area contributed by atoms with E-state index in [4.69, 9.17) is 5.73 Å². The van der Waals surface area contributed by atoms with E-state index in [1.807, 2.05) is 19.1 Å². The predicted molar refractivity (Wildman–Crippen MR) is 79.3 cm³/mol. The van der Waals surface area contributed by atoms with Crippen LogP contribution in [0, 0.1) is 11.6 Å². The highest BCUT2D eigenvalue weighted by Gasteiger charge is 2.19. The summed E-state index contributed by atoms with van der Waals surface area (Å²) in [7, 11) is 1.56. The molecule has 0 spiro atoms. The first-order valence-corrected chi connectivity index (χ1v) is 6.55. The standard InChI is InChI=1S/C16H16F2N2O/c1-3-10-4-6-11(7-5-10)20(2)16(21)12-8-13(17)14(18)9-15(12)19/h4-9H,3,19H2,1-2H3. The number of benzene rings is 2. The van der Waals surface area contributed by atoms with Crippen LogP contribution in [0.15, 0.2) is 36.4 Å². The molecule has 0 saturated heterocycles. The summed E-state index contributed by atoms with van der Waals surface area (Å²) < 4.78 is 26.3. The molecule has 0 atom stereocenters. The number of anilines is 2. The quantitative estimate of drug-likeness (QED) is 0.881. The number of nitrogens with two attached hydrogens (primary N) is 1. The molecular weight excluding hydrogens is 274 g/mol. The van der Waals surface area contributed by atoms with Crippen LogP contribution in [0.25, 0.3) is 0 Å². The minimum atomic E-state index is -1.10. The summed E-state index contributed by atoms with van der Waals surface area (Å²) in [5.74, 6) is -2.66. The van der Waals surface area contributed by atoms with E-state index >= 15 is 0 Å². The zero-order valence-electron chi connectivity index (χ0n) is 11.9. The topological polar surface area (TPSA) is 46.3 Å². The van der Waals surface area contributed by atoms with E-state index in [2.05, 4.69) is 0 Å². The van der Waals surface area contributed by atoms with Crippen molar-refractivity contribution in [2.24, 2.45) is 0 Å². The predicted octanol–water partition coefficient (Wildman–Crippen LogP) is 3.39. The molecule has 2 rings (SSSR count). The average Bonchev–Trinajstić information content (AvgIpc) is 2.49. The molecule has 0 bridgehead atoms. The number of carbonyl (C=O) groups excluding carboxylic acids is 1. The van der Waals surface area contributed by atoms with Crippen LogP contribution < -0.4 is 10.6 Å². The van der Waals surface area contributed by atoms with Crippen LogP contribution in [0.3, 0.4) is 0 Å². The van der Waals surface area contributed by atoms with E-state index in [0.717, 1.165) is 24.1 Å². The summed E-state index contributed by atoms with van der Waals surface area (Å²) in [6.07, 6.45) is 0.897. The third kappa shape index (κ3) is 3.02. The Bertz CT molecular complexity index is 669. The number of amides is 1. The van der Waals surface area contributed by atoms with Crippen LogP contribution in [0.1, 0.15) is 22.8 Å². The van der Waals surface area contributed by atoms with Crippen molar-refractivity contribution in [3.63, 3.8) is 0 Å². The minimum absolute atomic E-state index is 0.0593. The maximum Gasteiger partial charge on any atom is 0.260 e. The molecule has 0 saturated carbocycles. The van der Waals surface area contributed by atoms with Gasteiger partial charge in [-0.2, -0.15) is 0 Å². The van der Waals surface area contributed by atoms with Crippen LogP contribution >= 0.6 is 0 Å². The highest BCUT2D eigenvalue weighted by atomic mass is 19.2. The summed E-state index contributed by atoms with van der Waals surface area (Å²) in [6, 6.07) is 9.06. The van der Waals surface area contributed by atoms with Crippen LogP contribution in [0.4, 0.5) is 20.2 Å². The number of rotatable bonds is 3. The van der Waals surface area contributed by atoms with Crippen molar-refractivity contribution in [1.29, 1.82) is 0 Å². The highest BCUT2D eigenvalue weighted by Crippen LogP contribution is 2.22. The third-order valence-electron chi connectivity index (χ3n) is 3.36. The maximum absolute atomic E-state index is 13.3. The number of halogens is 2. The smallest absolute Gasteiger partial charge is 0.260 e. The van der Waals surface area contributed by atoms with Crippen molar-refractivity contribution in [3.8, 4) is 0 Å². The Morgan fingerprint density at radius 1 is 1.14 bits per heavy atom. The lowest BCUT2D eigenvalue weighted by atomic mass is 10.1. The van der Waals surface area contributed by atoms with Gasteiger partial charge >= 0.3 is 0 Å². The molecule has 110 valence electrons. The number of aryl methyl sites for hydroxylation is 1. The van der Waals surface area contributed by atoms with E-state index in [0.29, 0.717) is 5.69 Å². The van der Waals surface area contributed by atoms with Crippen molar-refractivity contribution in [2.75, 3.05) is 17.7 Å². The molecule has 0 aromatic heterocycles. The van der Waals surface area contributed by atoms with Gasteiger partial charge in [-0.1, -0.05) is 19.1 Å². The van der Waals surface area contributed by atoms with Gasteiger partial charge in [0, 0.05) is 24.5 Å². The fourth-order valence-corrected chi connectivity index (χ4v) is 2.00. The summed E-state index contributed by atoms with van der Waals surface area (Å²) >= 11 is 0. The monoisotopic (exact) mass is 290 g/mol. The molecular formula is C16H16F2N2O. The fourth-order valence-electron chi connectivity index (χ4n) is 2.00. The second-order valence-corrected chi connectivity index (χ2v) is 4.74. The first-order chi connectivity index (χ1) is 9.93. The van der Waals surface area contributed by atoms with Crippen LogP contribution in [-0.2, 0) is 6.42 Å². The Hall–Kier alpha value is -2.43. The summed E-state index contributed by atoms with van der Waals surface area (Å²) in [5, 5.41) is 0. The number of nitrogens with zero attached hydrogens (tertiary/aromatic N) is 1. The maximum atomic E-state index is 13.3. The highest BCUT2D eigenvalue weighted by molar-refractivity contribution is 6.09. The van der Waals surface area contributed by atoms with Crippen molar-refractivity contribution in [1.82, 2.24) is 0 Å². The van der Waals surface area contributed by atoms with Gasteiger partial charge in [-0.15, -0.1) is 0 Å². The Morgan fingerprint density at radius 3 is 2.29 bits per heavy atom. The Kier molecular flexibility index (Phi) is 4.21. The average molecular weight is 290 g/mol. The molecule has 0 aliphatic heterocycles. The van der Waals surface area contributed by atoms with Crippen molar-refractivity contribution >= 4 is 17.3 Å². The fraction of sp³-hybridized carbons (Fsp3) is 0.188. The molecule has 1 amide bonds. The van der Waals surface area contributed by atoms with Gasteiger partial charge < -0.3 is 10.6 Å². The van der Waals surface area contributed by atoms with Gasteiger partial charge in [-0.05, 0) is 30.2 Å². The SMILES string of the molecule is CCc1ccc(N(C)C(=O)c2cc(F)c(F)cc2N)cc1. The first kappa shape index (κ1) is 15.0. The summed E-state index contributed by atoms with van der Waals surface area (Å²) in [6.45, 7) is 2.03. The summed E-state index contributed by atoms with van der Waals surface area (Å²) in [5.41, 5.74) is 7.25. The lowest BCUT2D eigenvalue weighted by Crippen LogP contribution is -2.27. The van der Waals surface area contributed by atoms with Crippen LogP contribution in [-0.4, -0.2) is 13.0 Å². The molecule has 2 aromatic rings. The number of nitrogen functional groups attached to an aromatic ring is 1. The van der Waals surface area contributed by atoms with E-state index < -0.39 is 17.5 Å². The third-order valence-corrected chi connectivity index (χ3v) is 3.36. The van der Waals surface area contributed by atoms with Gasteiger partial charge in [0.25, 0.3) is 5.91 Å². The molecule has 2 N–H and O–H groups in total. The van der Waals surface area contributed by atoms with E-state index in [1.165, 1.54) is 4.90 Å². The van der Waals surface area contributed by atoms with Gasteiger partial charge in [0.2, 0.25) is 0 Å². The van der Waals surface area contributed by atoms with Crippen LogP contribution in [0.5, 0.6) is 0 Å². The first-order valence-electron chi connectivity index (χ1n) is 6.55. The number of hydrogen-bond acceptors (Lipinski definition) is 2. The molecule has 3 nitrogen and oxygen atoms in total. The Labute approximate surface area is 122 Å². The lowest BCUT2D eigenvalue weighted by molar-refractivity contribution is 0.0993. The van der Waals surface area contributed by atoms with Gasteiger partial charge in [0.15, 0.2) is 11.6 Å². The Morgan fingerprint density at radius 2 is 1.71 bits per heavy atom. The van der Waals surface area contributed by atoms with Gasteiger partial charge in [-0.3, -0.25) is 4.79 Å². The van der Waals surface area contributed by atoms with Crippen LogP contribution in [0.2, 0.25) is 0 Å². The van der Waals surface area contributed by atoms with E-state index in [1.54, 1.807) is 19.2 Å². The van der Waals surface area contributed by atoms with Gasteiger partial charge in [0.05, 0.1) is 5.56 Å². The minimum Gasteiger partial charge on any atom is -0.398 e. The molecule has 5 heteroatoms. The largest absolute Gasteiger partial charge is 0.398 e. The van der Waals surface area contributed by atoms with Gasteiger partial charge in [-0.25, -0.2) is 8.78 Å². The molecule has 0 aliphatic carbocycles. The molecule has 0 heterocycles. The molecule has 0 aliphatic rings. The van der Waals surface area contributed by atoms with Crippen molar-refractivity contribution in [2.45, 2.75) is 13.3 Å². The second-order valence-electron chi connectivity index (χ2n) is 4.74. The molecule has 21 heavy (non-hydrogen) atoms. The van der Waals surface area contributed by atoms with E-state index in [9.17, 15) is 13.6 Å². The second kappa shape index (κ2) is 5.91. The number of hydrogen-bond donors (Lipinski definition) is 1. The number of carbonyl (C=O) groups is 1. The molecule has 0 unspecified atom stereocenters. The zero-order valence-corrected chi connectivity index (χ0v) is 11.9. The molecule has 0 radical (unpaired) electrons. The lowest BCUT2D eigenvalue weighted by Gasteiger charge is -2.19. The molecule has 2 aromatic carbocycles. The van der Waals surface area contributed by atoms with Crippen molar-refractivity contribution in [3.05, 3.63) is 59.2 Å². The normalized spacial score (nSPS) is 10.5. The van der Waals surface area contributed by atoms with Gasteiger partial charge in [0.1, 0.15) is 0 Å². The summed E-state index contributed by atoms with van der Waals surface area (Å²) in [4.78, 5) is 13.7. The van der Waals surface area contributed by atoms with E-state index in [-0.39, 0.29) is 11.3 Å². The molecule has 0 fully saturated rings. The Balaban J connectivity index is 2.32. The van der Waals surface area contributed by atoms with Crippen molar-refractivity contribution < 1.29 is 13.6 Å². The zero-order chi connectivity index (χ0) is 15.6.